The number of likely N-dealkylation sites (tertiary alicyclic amines) is 1. The SMILES string of the molecule is CN1CCC2(CC1)C(=O)NC1CCCCN12. The number of hydrogen-bond acceptors (Lipinski definition) is 3. The van der Waals surface area contributed by atoms with Gasteiger partial charge in [-0.3, -0.25) is 9.69 Å². The molecule has 3 saturated heterocycles. The largest absolute Gasteiger partial charge is 0.339 e. The summed E-state index contributed by atoms with van der Waals surface area (Å²) < 4.78 is 0. The van der Waals surface area contributed by atoms with Gasteiger partial charge in [0.1, 0.15) is 5.54 Å². The van der Waals surface area contributed by atoms with Crippen LogP contribution in [0, 0.1) is 0 Å². The van der Waals surface area contributed by atoms with Crippen LogP contribution in [-0.2, 0) is 4.79 Å². The van der Waals surface area contributed by atoms with Gasteiger partial charge in [0.05, 0.1) is 6.17 Å². The molecule has 3 aliphatic rings. The summed E-state index contributed by atoms with van der Waals surface area (Å²) >= 11 is 0. The zero-order chi connectivity index (χ0) is 11.2. The Bertz CT molecular complexity index is 297. The predicted molar refractivity (Wildman–Crippen MR) is 61.9 cm³/mol. The molecule has 1 unspecified atom stereocenters. The number of hydrogen-bond donors (Lipinski definition) is 1. The minimum atomic E-state index is -0.155. The quantitative estimate of drug-likeness (QED) is 0.645. The lowest BCUT2D eigenvalue weighted by Gasteiger charge is -2.44. The summed E-state index contributed by atoms with van der Waals surface area (Å²) in [6.45, 7) is 3.21. The molecule has 0 saturated carbocycles. The highest BCUT2D eigenvalue weighted by molar-refractivity contribution is 5.89. The molecule has 0 aliphatic carbocycles. The van der Waals surface area contributed by atoms with Gasteiger partial charge in [-0.2, -0.15) is 0 Å². The second-order valence-corrected chi connectivity index (χ2v) is 5.51. The molecule has 1 spiro atoms. The fourth-order valence-electron chi connectivity index (χ4n) is 3.51. The third kappa shape index (κ3) is 1.39. The summed E-state index contributed by atoms with van der Waals surface area (Å²) in [6.07, 6.45) is 6.01. The van der Waals surface area contributed by atoms with Crippen molar-refractivity contribution in [2.75, 3.05) is 26.7 Å². The van der Waals surface area contributed by atoms with Gasteiger partial charge in [0.15, 0.2) is 0 Å². The van der Waals surface area contributed by atoms with Gasteiger partial charge >= 0.3 is 0 Å². The first-order valence-electron chi connectivity index (χ1n) is 6.49. The van der Waals surface area contributed by atoms with E-state index < -0.39 is 0 Å². The number of nitrogens with one attached hydrogen (secondary N) is 1. The van der Waals surface area contributed by atoms with Crippen molar-refractivity contribution in [3.05, 3.63) is 0 Å². The third-order valence-corrected chi connectivity index (χ3v) is 4.59. The monoisotopic (exact) mass is 223 g/mol. The number of piperidine rings is 2. The first-order valence-corrected chi connectivity index (χ1v) is 6.49. The lowest BCUT2D eigenvalue weighted by atomic mass is 9.85. The fourth-order valence-corrected chi connectivity index (χ4v) is 3.51. The molecular formula is C12H21N3O. The van der Waals surface area contributed by atoms with E-state index in [9.17, 15) is 4.79 Å². The van der Waals surface area contributed by atoms with Crippen molar-refractivity contribution in [1.82, 2.24) is 15.1 Å². The van der Waals surface area contributed by atoms with Gasteiger partial charge in [0.2, 0.25) is 5.91 Å². The number of fused-ring (bicyclic) bond motifs is 2. The van der Waals surface area contributed by atoms with Crippen LogP contribution in [0.5, 0.6) is 0 Å². The molecule has 1 atom stereocenters. The van der Waals surface area contributed by atoms with Crippen LogP contribution < -0.4 is 5.32 Å². The van der Waals surface area contributed by atoms with E-state index in [1.54, 1.807) is 0 Å². The van der Waals surface area contributed by atoms with Gasteiger partial charge in [-0.1, -0.05) is 0 Å². The highest BCUT2D eigenvalue weighted by atomic mass is 16.2. The Morgan fingerprint density at radius 1 is 1.25 bits per heavy atom. The number of nitrogens with zero attached hydrogens (tertiary/aromatic N) is 2. The number of carbonyl (C=O) groups is 1. The van der Waals surface area contributed by atoms with Crippen molar-refractivity contribution in [3.63, 3.8) is 0 Å². The Balaban J connectivity index is 1.84. The average molecular weight is 223 g/mol. The molecule has 0 aromatic rings. The van der Waals surface area contributed by atoms with Crippen LogP contribution in [0.15, 0.2) is 0 Å². The number of carbonyl (C=O) groups excluding carboxylic acids is 1. The van der Waals surface area contributed by atoms with Crippen LogP contribution in [-0.4, -0.2) is 54.1 Å². The molecule has 4 heteroatoms. The van der Waals surface area contributed by atoms with E-state index in [-0.39, 0.29) is 5.54 Å². The highest BCUT2D eigenvalue weighted by Crippen LogP contribution is 2.37. The third-order valence-electron chi connectivity index (χ3n) is 4.59. The zero-order valence-electron chi connectivity index (χ0n) is 10.0. The van der Waals surface area contributed by atoms with Crippen LogP contribution in [0.3, 0.4) is 0 Å². The van der Waals surface area contributed by atoms with E-state index in [1.807, 2.05) is 0 Å². The number of rotatable bonds is 0. The smallest absolute Gasteiger partial charge is 0.241 e. The second kappa shape index (κ2) is 3.70. The topological polar surface area (TPSA) is 35.6 Å². The Hall–Kier alpha value is -0.610. The Morgan fingerprint density at radius 2 is 2.00 bits per heavy atom. The summed E-state index contributed by atoms with van der Waals surface area (Å²) in [5.74, 6) is 0.299. The summed E-state index contributed by atoms with van der Waals surface area (Å²) in [7, 11) is 2.15. The van der Waals surface area contributed by atoms with Crippen LogP contribution in [0.25, 0.3) is 0 Å². The molecule has 3 fully saturated rings. The van der Waals surface area contributed by atoms with Crippen LogP contribution in [0.2, 0.25) is 0 Å². The van der Waals surface area contributed by atoms with Gasteiger partial charge in [-0.05, 0) is 39.2 Å². The maximum Gasteiger partial charge on any atom is 0.241 e. The second-order valence-electron chi connectivity index (χ2n) is 5.51. The standard InChI is InChI=1S/C12H21N3O/c1-14-8-5-12(6-9-14)11(16)13-10-4-2-3-7-15(10)12/h10H,2-9H2,1H3,(H,13,16). The van der Waals surface area contributed by atoms with E-state index in [1.165, 1.54) is 12.8 Å². The summed E-state index contributed by atoms with van der Waals surface area (Å²) in [5, 5.41) is 3.20. The molecule has 4 nitrogen and oxygen atoms in total. The molecule has 3 heterocycles. The van der Waals surface area contributed by atoms with E-state index in [2.05, 4.69) is 22.2 Å². The predicted octanol–water partition coefficient (Wildman–Crippen LogP) is 0.393. The van der Waals surface area contributed by atoms with Gasteiger partial charge in [-0.25, -0.2) is 0 Å². The first-order chi connectivity index (χ1) is 7.72. The lowest BCUT2D eigenvalue weighted by Crippen LogP contribution is -2.57. The van der Waals surface area contributed by atoms with Gasteiger partial charge < -0.3 is 10.2 Å². The van der Waals surface area contributed by atoms with Gasteiger partial charge in [0.25, 0.3) is 0 Å². The molecule has 0 bridgehead atoms. The first kappa shape index (κ1) is 10.5. The van der Waals surface area contributed by atoms with E-state index in [4.69, 9.17) is 0 Å². The minimum Gasteiger partial charge on any atom is -0.339 e. The van der Waals surface area contributed by atoms with Crippen LogP contribution in [0.1, 0.15) is 32.1 Å². The van der Waals surface area contributed by atoms with E-state index in [0.29, 0.717) is 12.1 Å². The van der Waals surface area contributed by atoms with Crippen LogP contribution in [0.4, 0.5) is 0 Å². The van der Waals surface area contributed by atoms with Crippen molar-refractivity contribution in [2.45, 2.75) is 43.8 Å². The Labute approximate surface area is 97.0 Å². The summed E-state index contributed by atoms with van der Waals surface area (Å²) in [5.41, 5.74) is -0.155. The van der Waals surface area contributed by atoms with Crippen LogP contribution >= 0.6 is 0 Å². The minimum absolute atomic E-state index is 0.155. The van der Waals surface area contributed by atoms with E-state index >= 15 is 0 Å². The fraction of sp³-hybridized carbons (Fsp3) is 0.917. The normalized spacial score (nSPS) is 35.1. The molecular weight excluding hydrogens is 202 g/mol. The van der Waals surface area contributed by atoms with Crippen molar-refractivity contribution < 1.29 is 4.79 Å². The molecule has 3 rings (SSSR count). The van der Waals surface area contributed by atoms with E-state index in [0.717, 1.165) is 38.9 Å². The average Bonchev–Trinajstić information content (AvgIpc) is 2.57. The molecule has 0 aromatic carbocycles. The molecule has 90 valence electrons. The Morgan fingerprint density at radius 3 is 2.75 bits per heavy atom. The summed E-state index contributed by atoms with van der Waals surface area (Å²) in [6, 6.07) is 0. The van der Waals surface area contributed by atoms with Crippen molar-refractivity contribution >= 4 is 5.91 Å². The molecule has 3 aliphatic heterocycles. The maximum absolute atomic E-state index is 12.3. The molecule has 1 N–H and O–H groups in total. The lowest BCUT2D eigenvalue weighted by molar-refractivity contribution is -0.129. The van der Waals surface area contributed by atoms with Crippen molar-refractivity contribution in [2.24, 2.45) is 0 Å². The summed E-state index contributed by atoms with van der Waals surface area (Å²) in [4.78, 5) is 17.0. The zero-order valence-corrected chi connectivity index (χ0v) is 10.0. The van der Waals surface area contributed by atoms with Gasteiger partial charge in [0, 0.05) is 19.6 Å². The molecule has 0 radical (unpaired) electrons. The van der Waals surface area contributed by atoms with Crippen molar-refractivity contribution in [3.8, 4) is 0 Å². The molecule has 0 aromatic heterocycles. The molecule has 16 heavy (non-hydrogen) atoms. The van der Waals surface area contributed by atoms with Crippen molar-refractivity contribution in [1.29, 1.82) is 0 Å². The molecule has 1 amide bonds. The Kier molecular flexibility index (Phi) is 2.44. The maximum atomic E-state index is 12.3. The highest BCUT2D eigenvalue weighted by Gasteiger charge is 2.53. The van der Waals surface area contributed by atoms with Gasteiger partial charge in [-0.15, -0.1) is 0 Å². The number of amides is 1.